The van der Waals surface area contributed by atoms with Crippen LogP contribution in [-0.2, 0) is 11.3 Å². The monoisotopic (exact) mass is 343 g/mol. The van der Waals surface area contributed by atoms with Gasteiger partial charge in [0.05, 0.1) is 11.5 Å². The summed E-state index contributed by atoms with van der Waals surface area (Å²) in [5, 5.41) is 16.9. The Bertz CT molecular complexity index is 744. The van der Waals surface area contributed by atoms with Crippen LogP contribution in [0.1, 0.15) is 21.5 Å². The third kappa shape index (κ3) is 5.29. The van der Waals surface area contributed by atoms with Crippen LogP contribution in [0.3, 0.4) is 0 Å². The fourth-order valence-electron chi connectivity index (χ4n) is 2.27. The molecule has 2 aromatic carbocycles. The van der Waals surface area contributed by atoms with Crippen molar-refractivity contribution in [3.63, 3.8) is 0 Å². The van der Waals surface area contributed by atoms with Gasteiger partial charge in [0.25, 0.3) is 11.6 Å². The molecule has 0 aliphatic rings. The van der Waals surface area contributed by atoms with Crippen molar-refractivity contribution < 1.29 is 14.5 Å². The highest BCUT2D eigenvalue weighted by Crippen LogP contribution is 2.19. The molecule has 2 rings (SSSR count). The lowest BCUT2D eigenvalue weighted by Gasteiger charge is -2.08. The van der Waals surface area contributed by atoms with Gasteiger partial charge in [0.15, 0.2) is 0 Å². The van der Waals surface area contributed by atoms with Crippen molar-refractivity contribution in [3.8, 4) is 0 Å². The summed E-state index contributed by atoms with van der Waals surface area (Å²) in [6, 6.07) is 12.1. The Labute approximate surface area is 146 Å². The first-order chi connectivity index (χ1) is 12.0. The van der Waals surface area contributed by atoms with Crippen LogP contribution < -0.4 is 10.6 Å². The van der Waals surface area contributed by atoms with Gasteiger partial charge >= 0.3 is 0 Å². The first-order valence-electron chi connectivity index (χ1n) is 7.86. The number of amides is 1. The molecule has 2 aromatic rings. The molecule has 0 saturated carbocycles. The van der Waals surface area contributed by atoms with Gasteiger partial charge in [-0.3, -0.25) is 14.9 Å². The summed E-state index contributed by atoms with van der Waals surface area (Å²) in [5.74, 6) is -0.342. The van der Waals surface area contributed by atoms with E-state index in [0.29, 0.717) is 18.7 Å². The summed E-state index contributed by atoms with van der Waals surface area (Å²) in [7, 11) is 1.65. The summed E-state index contributed by atoms with van der Waals surface area (Å²) in [6.45, 7) is 3.33. The molecule has 0 unspecified atom stereocenters. The third-order valence-electron chi connectivity index (χ3n) is 3.71. The van der Waals surface area contributed by atoms with E-state index in [9.17, 15) is 14.9 Å². The quantitative estimate of drug-likeness (QED) is 0.437. The van der Waals surface area contributed by atoms with Gasteiger partial charge in [0.2, 0.25) is 0 Å². The predicted molar refractivity (Wildman–Crippen MR) is 95.8 cm³/mol. The minimum Gasteiger partial charge on any atom is -0.383 e. The average Bonchev–Trinajstić information content (AvgIpc) is 2.61. The van der Waals surface area contributed by atoms with Crippen LogP contribution in [0.2, 0.25) is 0 Å². The van der Waals surface area contributed by atoms with Crippen LogP contribution >= 0.6 is 0 Å². The molecule has 0 spiro atoms. The zero-order valence-corrected chi connectivity index (χ0v) is 14.2. The standard InChI is InChI=1S/C18H21N3O4/c1-13-3-6-15(11-17(13)21(23)24)18(22)20-12-14-4-7-16(8-5-14)19-9-10-25-2/h3-8,11,19H,9-10,12H2,1-2H3,(H,20,22). The number of rotatable bonds is 8. The van der Waals surface area contributed by atoms with Gasteiger partial charge in [-0.1, -0.05) is 18.2 Å². The summed E-state index contributed by atoms with van der Waals surface area (Å²) in [5.41, 5.74) is 2.65. The van der Waals surface area contributed by atoms with Crippen LogP contribution in [-0.4, -0.2) is 31.1 Å². The van der Waals surface area contributed by atoms with Crippen LogP contribution in [0.4, 0.5) is 11.4 Å². The number of benzene rings is 2. The van der Waals surface area contributed by atoms with Gasteiger partial charge in [-0.25, -0.2) is 0 Å². The van der Waals surface area contributed by atoms with Gasteiger partial charge in [-0.2, -0.15) is 0 Å². The second-order valence-electron chi connectivity index (χ2n) is 5.56. The number of carbonyl (C=O) groups excluding carboxylic acids is 1. The zero-order valence-electron chi connectivity index (χ0n) is 14.2. The van der Waals surface area contributed by atoms with E-state index >= 15 is 0 Å². The van der Waals surface area contributed by atoms with Crippen molar-refractivity contribution in [1.29, 1.82) is 0 Å². The van der Waals surface area contributed by atoms with Crippen LogP contribution in [0.5, 0.6) is 0 Å². The molecule has 0 aromatic heterocycles. The lowest BCUT2D eigenvalue weighted by molar-refractivity contribution is -0.385. The topological polar surface area (TPSA) is 93.5 Å². The van der Waals surface area contributed by atoms with E-state index < -0.39 is 4.92 Å². The zero-order chi connectivity index (χ0) is 18.2. The molecule has 2 N–H and O–H groups in total. The van der Waals surface area contributed by atoms with Crippen molar-refractivity contribution in [2.24, 2.45) is 0 Å². The Morgan fingerprint density at radius 2 is 1.92 bits per heavy atom. The van der Waals surface area contributed by atoms with E-state index in [4.69, 9.17) is 4.74 Å². The smallest absolute Gasteiger partial charge is 0.273 e. The van der Waals surface area contributed by atoms with Gasteiger partial charge in [-0.15, -0.1) is 0 Å². The molecule has 0 bridgehead atoms. The lowest BCUT2D eigenvalue weighted by Crippen LogP contribution is -2.22. The Morgan fingerprint density at radius 1 is 1.20 bits per heavy atom. The van der Waals surface area contributed by atoms with Crippen LogP contribution in [0.25, 0.3) is 0 Å². The number of nitrogens with one attached hydrogen (secondary N) is 2. The molecular formula is C18H21N3O4. The maximum Gasteiger partial charge on any atom is 0.273 e. The number of nitro benzene ring substituents is 1. The van der Waals surface area contributed by atoms with Gasteiger partial charge < -0.3 is 15.4 Å². The number of anilines is 1. The van der Waals surface area contributed by atoms with Crippen molar-refractivity contribution in [2.75, 3.05) is 25.6 Å². The molecule has 132 valence electrons. The molecule has 0 radical (unpaired) electrons. The molecule has 7 heteroatoms. The van der Waals surface area contributed by atoms with Crippen molar-refractivity contribution in [2.45, 2.75) is 13.5 Å². The molecule has 0 heterocycles. The Balaban J connectivity index is 1.93. The van der Waals surface area contributed by atoms with E-state index in [-0.39, 0.29) is 17.2 Å². The number of methoxy groups -OCH3 is 1. The molecule has 0 saturated heterocycles. The molecule has 0 fully saturated rings. The van der Waals surface area contributed by atoms with Gasteiger partial charge in [-0.05, 0) is 30.7 Å². The summed E-state index contributed by atoms with van der Waals surface area (Å²) < 4.78 is 4.97. The summed E-state index contributed by atoms with van der Waals surface area (Å²) >= 11 is 0. The van der Waals surface area contributed by atoms with Crippen molar-refractivity contribution in [1.82, 2.24) is 5.32 Å². The second-order valence-corrected chi connectivity index (χ2v) is 5.56. The van der Waals surface area contributed by atoms with E-state index in [2.05, 4.69) is 10.6 Å². The molecule has 1 amide bonds. The highest BCUT2D eigenvalue weighted by atomic mass is 16.6. The highest BCUT2D eigenvalue weighted by Gasteiger charge is 2.14. The number of ether oxygens (including phenoxy) is 1. The van der Waals surface area contributed by atoms with E-state index in [0.717, 1.165) is 17.8 Å². The number of carbonyl (C=O) groups is 1. The molecule has 0 aliphatic heterocycles. The third-order valence-corrected chi connectivity index (χ3v) is 3.71. The molecule has 0 aliphatic carbocycles. The largest absolute Gasteiger partial charge is 0.383 e. The van der Waals surface area contributed by atoms with E-state index in [1.807, 2.05) is 24.3 Å². The second kappa shape index (κ2) is 8.79. The SMILES string of the molecule is COCCNc1ccc(CNC(=O)c2ccc(C)c([N+](=O)[O-])c2)cc1. The van der Waals surface area contributed by atoms with E-state index in [1.165, 1.54) is 6.07 Å². The van der Waals surface area contributed by atoms with Crippen LogP contribution in [0, 0.1) is 17.0 Å². The first kappa shape index (κ1) is 18.4. The Hall–Kier alpha value is -2.93. The Kier molecular flexibility index (Phi) is 6.47. The predicted octanol–water partition coefficient (Wildman–Crippen LogP) is 2.89. The minimum absolute atomic E-state index is 0.0564. The van der Waals surface area contributed by atoms with E-state index in [1.54, 1.807) is 26.2 Å². The first-order valence-corrected chi connectivity index (χ1v) is 7.86. The lowest BCUT2D eigenvalue weighted by atomic mass is 10.1. The fraction of sp³-hybridized carbons (Fsp3) is 0.278. The Morgan fingerprint density at radius 3 is 2.56 bits per heavy atom. The normalized spacial score (nSPS) is 10.3. The molecule has 25 heavy (non-hydrogen) atoms. The fourth-order valence-corrected chi connectivity index (χ4v) is 2.27. The number of nitrogens with zero attached hydrogens (tertiary/aromatic N) is 1. The minimum atomic E-state index is -0.485. The van der Waals surface area contributed by atoms with Crippen molar-refractivity contribution in [3.05, 3.63) is 69.3 Å². The maximum atomic E-state index is 12.2. The summed E-state index contributed by atoms with van der Waals surface area (Å²) in [4.78, 5) is 22.7. The number of aryl methyl sites for hydroxylation is 1. The maximum absolute atomic E-state index is 12.2. The van der Waals surface area contributed by atoms with Crippen LogP contribution in [0.15, 0.2) is 42.5 Å². The molecule has 7 nitrogen and oxygen atoms in total. The van der Waals surface area contributed by atoms with Gasteiger partial charge in [0, 0.05) is 43.1 Å². The summed E-state index contributed by atoms with van der Waals surface area (Å²) in [6.07, 6.45) is 0. The van der Waals surface area contributed by atoms with Crippen molar-refractivity contribution >= 4 is 17.3 Å². The molecule has 0 atom stereocenters. The highest BCUT2D eigenvalue weighted by molar-refractivity contribution is 5.94. The average molecular weight is 343 g/mol. The number of hydrogen-bond acceptors (Lipinski definition) is 5. The molecular weight excluding hydrogens is 322 g/mol. The number of nitro groups is 1. The number of hydrogen-bond donors (Lipinski definition) is 2. The van der Waals surface area contributed by atoms with Gasteiger partial charge in [0.1, 0.15) is 0 Å².